The number of anilines is 2. The Kier molecular flexibility index (Phi) is 12.9. The number of phosphoric acid groups is 2. The smallest absolute Gasteiger partial charge is 0.472 e. The van der Waals surface area contributed by atoms with Crippen molar-refractivity contribution in [1.29, 1.82) is 0 Å². The minimum Gasteiger partial charge on any atom is -0.497 e. The van der Waals surface area contributed by atoms with E-state index in [1.165, 1.54) is 30.4 Å². The van der Waals surface area contributed by atoms with Crippen LogP contribution in [-0.4, -0.2) is 132 Å². The van der Waals surface area contributed by atoms with Gasteiger partial charge in [-0.05, 0) is 30.2 Å². The van der Waals surface area contributed by atoms with E-state index in [0.29, 0.717) is 28.3 Å². The summed E-state index contributed by atoms with van der Waals surface area (Å²) in [6.45, 7) is -1.82. The lowest BCUT2D eigenvalue weighted by molar-refractivity contribution is -0.745. The third kappa shape index (κ3) is 9.69. The number of nitrogens with zero attached hydrogens (tertiary/aromatic N) is 6. The van der Waals surface area contributed by atoms with E-state index in [-0.39, 0.29) is 12.2 Å². The SMILES string of the molecule is COc1ccc(CC(N)C(=O)NC2C(COP(=O)(O)OC3C(COP(=O)(O)O)OC(n4ccc(N)nc4=O)C3O)OC([n+]3c[nH]c4c(N(C)C)ncnc43)C2O)cc1. The van der Waals surface area contributed by atoms with Crippen molar-refractivity contribution in [3.8, 4) is 5.75 Å². The number of hydrogen-bond donors (Lipinski definition) is 9. The molecule has 27 heteroatoms. The average molecular weight is 858 g/mol. The zero-order valence-corrected chi connectivity index (χ0v) is 32.8. The van der Waals surface area contributed by atoms with Gasteiger partial charge in [0.1, 0.15) is 42.1 Å². The highest BCUT2D eigenvalue weighted by Gasteiger charge is 2.52. The van der Waals surface area contributed by atoms with Crippen LogP contribution in [0.4, 0.5) is 11.6 Å². The Balaban J connectivity index is 1.23. The summed E-state index contributed by atoms with van der Waals surface area (Å²) in [5.41, 5.74) is 12.3. The molecule has 2 saturated heterocycles. The van der Waals surface area contributed by atoms with Crippen LogP contribution in [0.25, 0.3) is 11.2 Å². The van der Waals surface area contributed by atoms with Crippen LogP contribution in [0, 0.1) is 0 Å². The molecule has 25 nitrogen and oxygen atoms in total. The fraction of sp³-hybridized carbons (Fsp3) is 0.484. The number of amides is 1. The highest BCUT2D eigenvalue weighted by molar-refractivity contribution is 7.47. The first-order chi connectivity index (χ1) is 27.4. The lowest BCUT2D eigenvalue weighted by Crippen LogP contribution is -2.55. The Morgan fingerprint density at radius 1 is 1.07 bits per heavy atom. The number of benzene rings is 1. The topological polar surface area (TPSA) is 355 Å². The monoisotopic (exact) mass is 857 g/mol. The number of nitrogens with two attached hydrogens (primary N) is 2. The summed E-state index contributed by atoms with van der Waals surface area (Å²) in [6, 6.07) is 5.59. The standard InChI is InChI=1S/C31H42N10O15P2/c1-39(2)26-22-27(35-13-34-26)41(14-36-22)29-23(42)21(38-28(44)17(32)10-15-4-6-16(51-3)7-5-15)18(54-29)11-53-58(49,50)56-25-19(12-52-57(46,47)48)55-30(24(25)43)40-9-8-20(33)37-31(40)45/h4-9,13-14,17-19,21,23-25,29-30,42-43H,10-12,32H2,1-3H3,(H6,33,37,38,44,45,46,47,48,49,50)/p+1. The summed E-state index contributed by atoms with van der Waals surface area (Å²) in [5, 5.41) is 25.5. The van der Waals surface area contributed by atoms with Crippen molar-refractivity contribution >= 4 is 44.4 Å². The van der Waals surface area contributed by atoms with Gasteiger partial charge in [-0.3, -0.25) is 27.9 Å². The third-order valence-corrected chi connectivity index (χ3v) is 10.7. The van der Waals surface area contributed by atoms with E-state index < -0.39 is 95.5 Å². The van der Waals surface area contributed by atoms with Gasteiger partial charge < -0.3 is 60.8 Å². The Hall–Kier alpha value is -4.46. The number of phosphoric ester groups is 2. The van der Waals surface area contributed by atoms with Gasteiger partial charge in [-0.15, -0.1) is 0 Å². The molecule has 0 aliphatic carbocycles. The molecule has 10 unspecified atom stereocenters. The van der Waals surface area contributed by atoms with Gasteiger partial charge in [-0.1, -0.05) is 17.1 Å². The fourth-order valence-corrected chi connectivity index (χ4v) is 7.75. The lowest BCUT2D eigenvalue weighted by Gasteiger charge is -2.26. The maximum Gasteiger partial charge on any atom is 0.472 e. The number of nitrogen functional groups attached to an aromatic ring is 1. The summed E-state index contributed by atoms with van der Waals surface area (Å²) < 4.78 is 59.2. The van der Waals surface area contributed by atoms with Crippen LogP contribution in [0.15, 0.2) is 54.0 Å². The first-order valence-electron chi connectivity index (χ1n) is 17.3. The normalized spacial score (nSPS) is 26.4. The molecule has 0 spiro atoms. The number of methoxy groups -OCH3 is 1. The van der Waals surface area contributed by atoms with E-state index in [1.807, 2.05) is 0 Å². The van der Waals surface area contributed by atoms with Crippen LogP contribution in [0.2, 0.25) is 0 Å². The van der Waals surface area contributed by atoms with Gasteiger partial charge in [0.15, 0.2) is 24.7 Å². The van der Waals surface area contributed by atoms with Gasteiger partial charge in [0, 0.05) is 20.3 Å². The van der Waals surface area contributed by atoms with Gasteiger partial charge in [0.25, 0.3) is 0 Å². The van der Waals surface area contributed by atoms with Crippen molar-refractivity contribution in [3.63, 3.8) is 0 Å². The number of aromatic amines is 1. The van der Waals surface area contributed by atoms with Gasteiger partial charge in [0.2, 0.25) is 17.7 Å². The molecule has 2 fully saturated rings. The van der Waals surface area contributed by atoms with Crippen molar-refractivity contribution in [3.05, 3.63) is 65.2 Å². The molecular weight excluding hydrogens is 814 g/mol. The molecule has 58 heavy (non-hydrogen) atoms. The number of carbonyl (C=O) groups excluding carboxylic acids is 1. The minimum absolute atomic E-state index is 0.0867. The molecule has 11 N–H and O–H groups in total. The summed E-state index contributed by atoms with van der Waals surface area (Å²) >= 11 is 0. The Morgan fingerprint density at radius 2 is 1.78 bits per heavy atom. The molecule has 0 bridgehead atoms. The largest absolute Gasteiger partial charge is 0.497 e. The molecule has 0 saturated carbocycles. The zero-order chi connectivity index (χ0) is 42.1. The third-order valence-electron chi connectivity index (χ3n) is 9.23. The van der Waals surface area contributed by atoms with Crippen molar-refractivity contribution in [2.75, 3.05) is 45.1 Å². The summed E-state index contributed by atoms with van der Waals surface area (Å²) in [5.74, 6) is 0.225. The molecule has 2 aliphatic rings. The molecular formula is C31H43N10O15P2+. The second-order valence-corrected chi connectivity index (χ2v) is 16.1. The van der Waals surface area contributed by atoms with Gasteiger partial charge in [0.05, 0.1) is 32.4 Å². The number of hydrogen-bond acceptors (Lipinski definition) is 18. The quantitative estimate of drug-likeness (QED) is 0.0410. The number of imidazole rings is 1. The Labute approximate surface area is 328 Å². The predicted molar refractivity (Wildman–Crippen MR) is 196 cm³/mol. The van der Waals surface area contributed by atoms with Crippen LogP contribution in [0.3, 0.4) is 0 Å². The van der Waals surface area contributed by atoms with Gasteiger partial charge >= 0.3 is 27.0 Å². The molecule has 6 rings (SSSR count). The van der Waals surface area contributed by atoms with Crippen molar-refractivity contribution in [2.45, 2.75) is 61.5 Å². The van der Waals surface area contributed by atoms with Crippen molar-refractivity contribution in [2.24, 2.45) is 5.73 Å². The Bertz CT molecular complexity index is 2240. The van der Waals surface area contributed by atoms with E-state index in [2.05, 4.69) is 29.8 Å². The van der Waals surface area contributed by atoms with E-state index in [1.54, 1.807) is 43.3 Å². The maximum atomic E-state index is 13.5. The first-order valence-corrected chi connectivity index (χ1v) is 20.4. The van der Waals surface area contributed by atoms with Crippen LogP contribution < -0.4 is 36.7 Å². The Morgan fingerprint density at radius 3 is 2.43 bits per heavy atom. The molecule has 1 aromatic carbocycles. The van der Waals surface area contributed by atoms with Gasteiger partial charge in [-0.2, -0.15) is 9.97 Å². The van der Waals surface area contributed by atoms with Crippen molar-refractivity contribution < 1.29 is 71.2 Å². The minimum atomic E-state index is -5.32. The van der Waals surface area contributed by atoms with Crippen LogP contribution in [0.1, 0.15) is 18.0 Å². The molecule has 3 aromatic heterocycles. The number of rotatable bonds is 16. The summed E-state index contributed by atoms with van der Waals surface area (Å²) in [7, 11) is -5.43. The number of fused-ring (bicyclic) bond motifs is 1. The lowest BCUT2D eigenvalue weighted by atomic mass is 10.0. The number of carbonyl (C=O) groups is 1. The molecule has 2 aliphatic heterocycles. The van der Waals surface area contributed by atoms with Crippen LogP contribution in [0.5, 0.6) is 5.75 Å². The van der Waals surface area contributed by atoms with Crippen LogP contribution in [-0.2, 0) is 43.4 Å². The van der Waals surface area contributed by atoms with E-state index in [9.17, 15) is 43.6 Å². The highest BCUT2D eigenvalue weighted by atomic mass is 31.2. The fourth-order valence-electron chi connectivity index (χ4n) is 6.45. The van der Waals surface area contributed by atoms with Crippen molar-refractivity contribution in [1.82, 2.24) is 29.8 Å². The first kappa shape index (κ1) is 43.1. The number of aromatic nitrogens is 6. The maximum absolute atomic E-state index is 13.5. The van der Waals surface area contributed by atoms with E-state index in [4.69, 9.17) is 34.7 Å². The summed E-state index contributed by atoms with van der Waals surface area (Å²) in [4.78, 5) is 72.4. The average Bonchev–Trinajstić information content (AvgIpc) is 3.82. The number of nitrogens with one attached hydrogen (secondary N) is 2. The zero-order valence-electron chi connectivity index (χ0n) is 31.0. The predicted octanol–water partition coefficient (Wildman–Crippen LogP) is -2.66. The molecule has 10 atom stereocenters. The molecule has 0 radical (unpaired) electrons. The summed E-state index contributed by atoms with van der Waals surface area (Å²) in [6.07, 6.45) is -7.42. The number of H-pyrrole nitrogens is 1. The van der Waals surface area contributed by atoms with Gasteiger partial charge in [-0.25, -0.2) is 18.5 Å². The number of aliphatic hydroxyl groups excluding tert-OH is 2. The second-order valence-electron chi connectivity index (χ2n) is 13.4. The number of ether oxygens (including phenoxy) is 3. The van der Waals surface area contributed by atoms with E-state index in [0.717, 1.165) is 10.8 Å². The highest BCUT2D eigenvalue weighted by Crippen LogP contribution is 2.49. The van der Waals surface area contributed by atoms with Crippen LogP contribution >= 0.6 is 15.6 Å². The second kappa shape index (κ2) is 17.4. The molecule has 1 amide bonds. The molecule has 4 aromatic rings. The molecule has 5 heterocycles. The number of aliphatic hydroxyl groups is 2. The van der Waals surface area contributed by atoms with E-state index >= 15 is 0 Å². The molecule has 316 valence electrons.